The molecular weight excluding hydrogens is 268 g/mol. The molecule has 2 rings (SSSR count). The van der Waals surface area contributed by atoms with Crippen LogP contribution in [0.4, 0.5) is 0 Å². The Labute approximate surface area is 125 Å². The zero-order chi connectivity index (χ0) is 14.4. The van der Waals surface area contributed by atoms with Crippen LogP contribution in [0.25, 0.3) is 10.6 Å². The molecular formula is C16H22N2OS. The first kappa shape index (κ1) is 15.0. The van der Waals surface area contributed by atoms with Gasteiger partial charge in [-0.25, -0.2) is 4.98 Å². The highest BCUT2D eigenvalue weighted by Crippen LogP contribution is 2.27. The smallest absolute Gasteiger partial charge is 0.123 e. The van der Waals surface area contributed by atoms with Gasteiger partial charge in [0.2, 0.25) is 0 Å². The second-order valence-corrected chi connectivity index (χ2v) is 6.23. The highest BCUT2D eigenvalue weighted by Gasteiger charge is 2.06. The fourth-order valence-electron chi connectivity index (χ4n) is 1.89. The van der Waals surface area contributed by atoms with Gasteiger partial charge in [-0.05, 0) is 31.5 Å². The summed E-state index contributed by atoms with van der Waals surface area (Å²) in [6, 6.07) is 8.12. The Morgan fingerprint density at radius 3 is 2.95 bits per heavy atom. The number of nitrogens with zero attached hydrogens (tertiary/aromatic N) is 1. The third kappa shape index (κ3) is 4.32. The van der Waals surface area contributed by atoms with Crippen LogP contribution >= 0.6 is 11.3 Å². The van der Waals surface area contributed by atoms with Crippen molar-refractivity contribution in [2.24, 2.45) is 5.92 Å². The Balaban J connectivity index is 2.02. The molecule has 4 heteroatoms. The maximum absolute atomic E-state index is 5.53. The first-order chi connectivity index (χ1) is 9.69. The van der Waals surface area contributed by atoms with Crippen molar-refractivity contribution in [3.8, 4) is 16.3 Å². The minimum Gasteiger partial charge on any atom is -0.494 e. The van der Waals surface area contributed by atoms with Crippen LogP contribution in [-0.4, -0.2) is 18.1 Å². The lowest BCUT2D eigenvalue weighted by molar-refractivity contribution is 0.340. The van der Waals surface area contributed by atoms with Crippen molar-refractivity contribution in [2.45, 2.75) is 27.3 Å². The molecule has 0 radical (unpaired) electrons. The number of ether oxygens (including phenoxy) is 1. The van der Waals surface area contributed by atoms with Crippen LogP contribution in [0.2, 0.25) is 0 Å². The monoisotopic (exact) mass is 290 g/mol. The van der Waals surface area contributed by atoms with E-state index in [-0.39, 0.29) is 0 Å². The summed E-state index contributed by atoms with van der Waals surface area (Å²) in [7, 11) is 0. The van der Waals surface area contributed by atoms with Crippen molar-refractivity contribution in [1.82, 2.24) is 10.3 Å². The van der Waals surface area contributed by atoms with Crippen LogP contribution in [0, 0.1) is 5.92 Å². The van der Waals surface area contributed by atoms with Crippen molar-refractivity contribution in [2.75, 3.05) is 13.2 Å². The van der Waals surface area contributed by atoms with Crippen LogP contribution in [0.3, 0.4) is 0 Å². The molecule has 0 bridgehead atoms. The van der Waals surface area contributed by atoms with E-state index in [4.69, 9.17) is 4.74 Å². The summed E-state index contributed by atoms with van der Waals surface area (Å²) in [4.78, 5) is 5.77. The zero-order valence-electron chi connectivity index (χ0n) is 12.3. The summed E-state index contributed by atoms with van der Waals surface area (Å²) in [5.74, 6) is 1.57. The van der Waals surface area contributed by atoms with Gasteiger partial charge in [-0.15, -0.1) is 11.3 Å². The average Bonchev–Trinajstić information content (AvgIpc) is 2.88. The van der Waals surface area contributed by atoms with Gasteiger partial charge in [0.25, 0.3) is 0 Å². The summed E-state index contributed by atoms with van der Waals surface area (Å²) in [5.41, 5.74) is 1.12. The van der Waals surface area contributed by atoms with E-state index in [2.05, 4.69) is 30.2 Å². The van der Waals surface area contributed by atoms with Gasteiger partial charge in [-0.2, -0.15) is 0 Å². The predicted molar refractivity (Wildman–Crippen MR) is 85.3 cm³/mol. The van der Waals surface area contributed by atoms with E-state index in [0.29, 0.717) is 12.5 Å². The molecule has 3 nitrogen and oxygen atoms in total. The van der Waals surface area contributed by atoms with E-state index in [0.717, 1.165) is 29.4 Å². The molecule has 0 atom stereocenters. The number of benzene rings is 1. The van der Waals surface area contributed by atoms with Crippen molar-refractivity contribution in [3.05, 3.63) is 35.3 Å². The van der Waals surface area contributed by atoms with Crippen molar-refractivity contribution in [1.29, 1.82) is 0 Å². The normalized spacial score (nSPS) is 11.0. The van der Waals surface area contributed by atoms with Gasteiger partial charge in [0.15, 0.2) is 0 Å². The fourth-order valence-corrected chi connectivity index (χ4v) is 2.77. The SMILES string of the molecule is CCOc1cccc(-c2ncc(CNCC(C)C)s2)c1. The van der Waals surface area contributed by atoms with Crippen molar-refractivity contribution < 1.29 is 4.74 Å². The Kier molecular flexibility index (Phi) is 5.56. The molecule has 108 valence electrons. The van der Waals surface area contributed by atoms with Gasteiger partial charge in [0, 0.05) is 23.2 Å². The topological polar surface area (TPSA) is 34.1 Å². The molecule has 20 heavy (non-hydrogen) atoms. The fraction of sp³-hybridized carbons (Fsp3) is 0.438. The number of nitrogens with one attached hydrogen (secondary N) is 1. The Morgan fingerprint density at radius 1 is 1.35 bits per heavy atom. The number of hydrogen-bond acceptors (Lipinski definition) is 4. The number of aromatic nitrogens is 1. The van der Waals surface area contributed by atoms with E-state index in [9.17, 15) is 0 Å². The summed E-state index contributed by atoms with van der Waals surface area (Å²) in [6.45, 7) is 9.03. The number of hydrogen-bond donors (Lipinski definition) is 1. The first-order valence-electron chi connectivity index (χ1n) is 7.07. The molecule has 0 unspecified atom stereocenters. The quantitative estimate of drug-likeness (QED) is 0.838. The Bertz CT molecular complexity index is 537. The molecule has 1 N–H and O–H groups in total. The maximum Gasteiger partial charge on any atom is 0.123 e. The van der Waals surface area contributed by atoms with E-state index in [1.54, 1.807) is 11.3 Å². The lowest BCUT2D eigenvalue weighted by Gasteiger charge is -2.05. The van der Waals surface area contributed by atoms with Gasteiger partial charge < -0.3 is 10.1 Å². The van der Waals surface area contributed by atoms with Gasteiger partial charge in [-0.1, -0.05) is 26.0 Å². The summed E-state index contributed by atoms with van der Waals surface area (Å²) in [6.07, 6.45) is 1.96. The molecule has 1 aromatic heterocycles. The van der Waals surface area contributed by atoms with Crippen LogP contribution in [0.15, 0.2) is 30.5 Å². The highest BCUT2D eigenvalue weighted by molar-refractivity contribution is 7.15. The van der Waals surface area contributed by atoms with Crippen LogP contribution in [0.5, 0.6) is 5.75 Å². The third-order valence-electron chi connectivity index (χ3n) is 2.80. The van der Waals surface area contributed by atoms with Crippen LogP contribution in [-0.2, 0) is 6.54 Å². The Hall–Kier alpha value is -1.39. The van der Waals surface area contributed by atoms with Crippen LogP contribution in [0.1, 0.15) is 25.6 Å². The molecule has 0 amide bonds. The van der Waals surface area contributed by atoms with Crippen molar-refractivity contribution >= 4 is 11.3 Å². The molecule has 0 saturated carbocycles. The van der Waals surface area contributed by atoms with E-state index in [1.807, 2.05) is 31.3 Å². The average molecular weight is 290 g/mol. The van der Waals surface area contributed by atoms with Gasteiger partial charge in [0.1, 0.15) is 10.8 Å². The van der Waals surface area contributed by atoms with Gasteiger partial charge >= 0.3 is 0 Å². The van der Waals surface area contributed by atoms with Crippen LogP contribution < -0.4 is 10.1 Å². The third-order valence-corrected chi connectivity index (χ3v) is 3.84. The molecule has 1 aromatic carbocycles. The zero-order valence-corrected chi connectivity index (χ0v) is 13.2. The molecule has 0 fully saturated rings. The van der Waals surface area contributed by atoms with E-state index < -0.39 is 0 Å². The second-order valence-electron chi connectivity index (χ2n) is 5.12. The summed E-state index contributed by atoms with van der Waals surface area (Å²) >= 11 is 1.74. The van der Waals surface area contributed by atoms with Crippen molar-refractivity contribution in [3.63, 3.8) is 0 Å². The molecule has 1 heterocycles. The maximum atomic E-state index is 5.53. The molecule has 0 saturated heterocycles. The minimum absolute atomic E-state index is 0.672. The second kappa shape index (κ2) is 7.41. The summed E-state index contributed by atoms with van der Waals surface area (Å²) < 4.78 is 5.53. The minimum atomic E-state index is 0.672. The highest BCUT2D eigenvalue weighted by atomic mass is 32.1. The molecule has 2 aromatic rings. The van der Waals surface area contributed by atoms with E-state index >= 15 is 0 Å². The lowest BCUT2D eigenvalue weighted by Crippen LogP contribution is -2.18. The van der Waals surface area contributed by atoms with Gasteiger partial charge in [0.05, 0.1) is 6.61 Å². The summed E-state index contributed by atoms with van der Waals surface area (Å²) in [5, 5.41) is 4.49. The first-order valence-corrected chi connectivity index (χ1v) is 7.89. The van der Waals surface area contributed by atoms with Gasteiger partial charge in [-0.3, -0.25) is 0 Å². The van der Waals surface area contributed by atoms with E-state index in [1.165, 1.54) is 4.88 Å². The molecule has 0 aliphatic carbocycles. The largest absolute Gasteiger partial charge is 0.494 e. The molecule has 0 aliphatic heterocycles. The Morgan fingerprint density at radius 2 is 2.20 bits per heavy atom. The molecule has 0 aliphatic rings. The number of rotatable bonds is 7. The standard InChI is InChI=1S/C16H22N2OS/c1-4-19-14-7-5-6-13(8-14)16-18-11-15(20-16)10-17-9-12(2)3/h5-8,11-12,17H,4,9-10H2,1-3H3. The molecule has 0 spiro atoms. The number of thiazole rings is 1. The predicted octanol–water partition coefficient (Wildman–Crippen LogP) is 3.95. The lowest BCUT2D eigenvalue weighted by atomic mass is 10.2.